The van der Waals surface area contributed by atoms with Crippen LogP contribution in [0.1, 0.15) is 11.5 Å². The molecule has 0 unspecified atom stereocenters. The monoisotopic (exact) mass is 409 g/mol. The van der Waals surface area contributed by atoms with Gasteiger partial charge in [0.05, 0.1) is 19.9 Å². The van der Waals surface area contributed by atoms with Gasteiger partial charge < -0.3 is 18.6 Å². The Bertz CT molecular complexity index is 1110. The number of carbonyl (C=O) groups excluding carboxylic acids is 1. The molecular formula is C22H19NO5S. The Morgan fingerprint density at radius 2 is 1.90 bits per heavy atom. The van der Waals surface area contributed by atoms with Gasteiger partial charge in [0.1, 0.15) is 29.4 Å². The summed E-state index contributed by atoms with van der Waals surface area (Å²) < 4.78 is 21.6. The molecule has 29 heavy (non-hydrogen) atoms. The van der Waals surface area contributed by atoms with E-state index in [4.69, 9.17) is 18.6 Å². The number of methoxy groups -OCH3 is 2. The molecule has 148 valence electrons. The van der Waals surface area contributed by atoms with Crippen LogP contribution in [0.5, 0.6) is 11.5 Å². The number of carbonyl (C=O) groups is 1. The fraction of sp³-hybridized carbons (Fsp3) is 0.182. The molecular weight excluding hydrogens is 390 g/mol. The Morgan fingerprint density at radius 1 is 1.07 bits per heavy atom. The molecule has 0 fully saturated rings. The maximum Gasteiger partial charge on any atom is 0.313 e. The Kier molecular flexibility index (Phi) is 5.48. The minimum absolute atomic E-state index is 0.0847. The molecule has 2 aromatic carbocycles. The molecule has 4 rings (SSSR count). The normalized spacial score (nSPS) is 10.8. The zero-order chi connectivity index (χ0) is 20.2. The fourth-order valence-corrected chi connectivity index (χ4v) is 3.75. The quantitative estimate of drug-likeness (QED) is 0.406. The number of hydrogen-bond acceptors (Lipinski definition) is 7. The number of hydrogen-bond donors (Lipinski definition) is 0. The van der Waals surface area contributed by atoms with E-state index in [2.05, 4.69) is 4.98 Å². The largest absolute Gasteiger partial charge is 0.493 e. The molecule has 0 atom stereocenters. The highest BCUT2D eigenvalue weighted by Crippen LogP contribution is 2.33. The SMILES string of the molecule is COc1ccc(-c2nc(COC(=O)Cc3cc4ccccc4o3)cs2)cc1OC. The third-order valence-electron chi connectivity index (χ3n) is 4.36. The molecule has 0 amide bonds. The van der Waals surface area contributed by atoms with Crippen molar-refractivity contribution in [2.75, 3.05) is 14.2 Å². The lowest BCUT2D eigenvalue weighted by Crippen LogP contribution is -2.07. The Morgan fingerprint density at radius 3 is 2.69 bits per heavy atom. The van der Waals surface area contributed by atoms with Gasteiger partial charge in [-0.1, -0.05) is 18.2 Å². The minimum atomic E-state index is -0.357. The molecule has 0 bridgehead atoms. The molecule has 0 N–H and O–H groups in total. The molecule has 0 saturated heterocycles. The van der Waals surface area contributed by atoms with Crippen molar-refractivity contribution in [3.8, 4) is 22.1 Å². The maximum absolute atomic E-state index is 12.2. The summed E-state index contributed by atoms with van der Waals surface area (Å²) in [6.07, 6.45) is 0.0847. The number of fused-ring (bicyclic) bond motifs is 1. The Labute approximate surface area is 171 Å². The van der Waals surface area contributed by atoms with Crippen LogP contribution in [0.4, 0.5) is 0 Å². The van der Waals surface area contributed by atoms with Gasteiger partial charge >= 0.3 is 5.97 Å². The van der Waals surface area contributed by atoms with Gasteiger partial charge in [0, 0.05) is 16.3 Å². The molecule has 0 aliphatic carbocycles. The lowest BCUT2D eigenvalue weighted by atomic mass is 10.2. The van der Waals surface area contributed by atoms with E-state index < -0.39 is 0 Å². The van der Waals surface area contributed by atoms with E-state index in [0.29, 0.717) is 23.0 Å². The first-order valence-corrected chi connectivity index (χ1v) is 9.84. The van der Waals surface area contributed by atoms with Crippen molar-refractivity contribution in [2.24, 2.45) is 0 Å². The van der Waals surface area contributed by atoms with Gasteiger partial charge in [0.2, 0.25) is 0 Å². The summed E-state index contributed by atoms with van der Waals surface area (Å²) in [7, 11) is 3.19. The Balaban J connectivity index is 1.38. The highest BCUT2D eigenvalue weighted by molar-refractivity contribution is 7.13. The van der Waals surface area contributed by atoms with E-state index in [1.807, 2.05) is 53.9 Å². The summed E-state index contributed by atoms with van der Waals surface area (Å²) in [6.45, 7) is 0.114. The van der Waals surface area contributed by atoms with Crippen LogP contribution in [-0.2, 0) is 22.6 Å². The molecule has 0 aliphatic heterocycles. The number of thiazole rings is 1. The van der Waals surface area contributed by atoms with E-state index in [9.17, 15) is 4.79 Å². The predicted molar refractivity (Wildman–Crippen MR) is 110 cm³/mol. The molecule has 0 saturated carbocycles. The minimum Gasteiger partial charge on any atom is -0.493 e. The number of ether oxygens (including phenoxy) is 3. The topological polar surface area (TPSA) is 70.8 Å². The number of aromatic nitrogens is 1. The van der Waals surface area contributed by atoms with Gasteiger partial charge in [-0.2, -0.15) is 0 Å². The zero-order valence-corrected chi connectivity index (χ0v) is 16.8. The molecule has 7 heteroatoms. The van der Waals surface area contributed by atoms with Gasteiger partial charge in [-0.15, -0.1) is 11.3 Å². The molecule has 2 aromatic heterocycles. The maximum atomic E-state index is 12.2. The van der Waals surface area contributed by atoms with Crippen molar-refractivity contribution in [2.45, 2.75) is 13.0 Å². The molecule has 2 heterocycles. The second-order valence-corrected chi connectivity index (χ2v) is 7.16. The van der Waals surface area contributed by atoms with Crippen molar-refractivity contribution in [1.82, 2.24) is 4.98 Å². The number of benzene rings is 2. The van der Waals surface area contributed by atoms with Gasteiger partial charge in [-0.05, 0) is 30.3 Å². The van der Waals surface area contributed by atoms with E-state index in [0.717, 1.165) is 21.5 Å². The number of rotatable bonds is 7. The first-order chi connectivity index (χ1) is 14.2. The lowest BCUT2D eigenvalue weighted by Gasteiger charge is -2.08. The predicted octanol–water partition coefficient (Wildman–Crippen LogP) is 4.86. The number of para-hydroxylation sites is 1. The third-order valence-corrected chi connectivity index (χ3v) is 5.30. The summed E-state index contributed by atoms with van der Waals surface area (Å²) >= 11 is 1.48. The van der Waals surface area contributed by atoms with Gasteiger partial charge in [-0.3, -0.25) is 4.79 Å². The molecule has 0 aliphatic rings. The first kappa shape index (κ1) is 19.0. The Hall–Kier alpha value is -3.32. The summed E-state index contributed by atoms with van der Waals surface area (Å²) in [5, 5.41) is 3.66. The summed E-state index contributed by atoms with van der Waals surface area (Å²) in [6, 6.07) is 15.1. The van der Waals surface area contributed by atoms with Crippen LogP contribution >= 0.6 is 11.3 Å². The number of esters is 1. The highest BCUT2D eigenvalue weighted by atomic mass is 32.1. The van der Waals surface area contributed by atoms with Crippen LogP contribution in [0.3, 0.4) is 0 Å². The zero-order valence-electron chi connectivity index (χ0n) is 16.0. The highest BCUT2D eigenvalue weighted by Gasteiger charge is 2.13. The van der Waals surface area contributed by atoms with E-state index >= 15 is 0 Å². The first-order valence-electron chi connectivity index (χ1n) is 8.96. The van der Waals surface area contributed by atoms with Crippen molar-refractivity contribution in [3.05, 3.63) is 65.4 Å². The van der Waals surface area contributed by atoms with E-state index in [1.165, 1.54) is 11.3 Å². The summed E-state index contributed by atoms with van der Waals surface area (Å²) in [5.41, 5.74) is 2.36. The number of furan rings is 1. The van der Waals surface area contributed by atoms with Crippen LogP contribution in [-0.4, -0.2) is 25.2 Å². The number of nitrogens with zero attached hydrogens (tertiary/aromatic N) is 1. The second kappa shape index (κ2) is 8.36. The second-order valence-electron chi connectivity index (χ2n) is 6.30. The third kappa shape index (κ3) is 4.25. The smallest absolute Gasteiger partial charge is 0.313 e. The summed E-state index contributed by atoms with van der Waals surface area (Å²) in [4.78, 5) is 16.7. The van der Waals surface area contributed by atoms with Crippen molar-refractivity contribution in [3.63, 3.8) is 0 Å². The van der Waals surface area contributed by atoms with Crippen LogP contribution < -0.4 is 9.47 Å². The lowest BCUT2D eigenvalue weighted by molar-refractivity contribution is -0.144. The standard InChI is InChI=1S/C22H19NO5S/c1-25-19-8-7-15(10-20(19)26-2)22-23-16(13-29-22)12-27-21(24)11-17-9-14-5-3-4-6-18(14)28-17/h3-10,13H,11-12H2,1-2H3. The average molecular weight is 409 g/mol. The van der Waals surface area contributed by atoms with Crippen molar-refractivity contribution >= 4 is 28.3 Å². The van der Waals surface area contributed by atoms with Crippen LogP contribution in [0, 0.1) is 0 Å². The molecule has 0 spiro atoms. The van der Waals surface area contributed by atoms with E-state index in [1.54, 1.807) is 14.2 Å². The fourth-order valence-electron chi connectivity index (χ4n) is 2.95. The van der Waals surface area contributed by atoms with Crippen molar-refractivity contribution < 1.29 is 23.4 Å². The van der Waals surface area contributed by atoms with Gasteiger partial charge in [-0.25, -0.2) is 4.98 Å². The van der Waals surface area contributed by atoms with Crippen LogP contribution in [0.15, 0.2) is 58.3 Å². The van der Waals surface area contributed by atoms with Crippen LogP contribution in [0.2, 0.25) is 0 Å². The summed E-state index contributed by atoms with van der Waals surface area (Å²) in [5.74, 6) is 1.52. The van der Waals surface area contributed by atoms with Crippen LogP contribution in [0.25, 0.3) is 21.5 Å². The van der Waals surface area contributed by atoms with Crippen molar-refractivity contribution in [1.29, 1.82) is 0 Å². The van der Waals surface area contributed by atoms with Gasteiger partial charge in [0.15, 0.2) is 11.5 Å². The molecule has 0 radical (unpaired) electrons. The van der Waals surface area contributed by atoms with Gasteiger partial charge in [0.25, 0.3) is 0 Å². The molecule has 6 nitrogen and oxygen atoms in total. The average Bonchev–Trinajstić information content (AvgIpc) is 3.38. The van der Waals surface area contributed by atoms with E-state index in [-0.39, 0.29) is 19.0 Å². The molecule has 4 aromatic rings.